The van der Waals surface area contributed by atoms with E-state index < -0.39 is 22.4 Å². The third kappa shape index (κ3) is 3.08. The number of fused-ring (bicyclic) bond motifs is 1. The van der Waals surface area contributed by atoms with Gasteiger partial charge in [-0.2, -0.15) is 4.31 Å². The topological polar surface area (TPSA) is 96.8 Å². The molecule has 1 unspecified atom stereocenters. The molecule has 1 atom stereocenters. The van der Waals surface area contributed by atoms with Crippen molar-refractivity contribution in [1.29, 1.82) is 0 Å². The van der Waals surface area contributed by atoms with Crippen LogP contribution >= 0.6 is 11.6 Å². The summed E-state index contributed by atoms with van der Waals surface area (Å²) in [7, 11) is -3.99. The zero-order valence-electron chi connectivity index (χ0n) is 12.3. The largest absolute Gasteiger partial charge is 0.507 e. The first-order valence-electron chi connectivity index (χ1n) is 7.00. The van der Waals surface area contributed by atoms with Crippen LogP contribution in [0.5, 0.6) is 0 Å². The first-order valence-corrected chi connectivity index (χ1v) is 8.82. The minimum atomic E-state index is -3.99. The Kier molecular flexibility index (Phi) is 4.44. The lowest BCUT2D eigenvalue weighted by molar-refractivity contribution is -0.00575. The maximum atomic E-state index is 12.9. The van der Waals surface area contributed by atoms with Gasteiger partial charge in [0.2, 0.25) is 10.0 Å². The molecule has 0 fully saturated rings. The van der Waals surface area contributed by atoms with Gasteiger partial charge in [-0.15, -0.1) is 0 Å². The SMILES string of the molecule is O=C(O)OC1c2ccccc2CCN1S(=O)(=O)c1ccc(Cl)nc1. The highest BCUT2D eigenvalue weighted by atomic mass is 35.5. The van der Waals surface area contributed by atoms with E-state index in [4.69, 9.17) is 21.4 Å². The number of sulfonamides is 1. The summed E-state index contributed by atoms with van der Waals surface area (Å²) in [5, 5.41) is 9.17. The molecule has 3 rings (SSSR count). The highest BCUT2D eigenvalue weighted by Gasteiger charge is 2.39. The van der Waals surface area contributed by atoms with Crippen molar-refractivity contribution in [3.8, 4) is 0 Å². The van der Waals surface area contributed by atoms with Gasteiger partial charge in [-0.3, -0.25) is 0 Å². The van der Waals surface area contributed by atoms with E-state index in [1.165, 1.54) is 12.1 Å². The summed E-state index contributed by atoms with van der Waals surface area (Å²) in [4.78, 5) is 14.8. The molecule has 0 amide bonds. The smallest absolute Gasteiger partial charge is 0.450 e. The molecular formula is C15H13ClN2O5S. The zero-order valence-corrected chi connectivity index (χ0v) is 13.9. The quantitative estimate of drug-likeness (QED) is 0.660. The Balaban J connectivity index is 2.05. The Bertz CT molecular complexity index is 870. The van der Waals surface area contributed by atoms with Gasteiger partial charge in [-0.05, 0) is 24.1 Å². The lowest BCUT2D eigenvalue weighted by atomic mass is 10.00. The van der Waals surface area contributed by atoms with Gasteiger partial charge < -0.3 is 9.84 Å². The van der Waals surface area contributed by atoms with Crippen molar-refractivity contribution in [3.63, 3.8) is 0 Å². The molecule has 0 radical (unpaired) electrons. The number of ether oxygens (including phenoxy) is 1. The predicted octanol–water partition coefficient (Wildman–Crippen LogP) is 2.68. The molecule has 126 valence electrons. The van der Waals surface area contributed by atoms with Crippen molar-refractivity contribution < 1.29 is 23.1 Å². The van der Waals surface area contributed by atoms with Crippen LogP contribution in [0.25, 0.3) is 0 Å². The first kappa shape index (κ1) is 16.7. The van der Waals surface area contributed by atoms with Crippen molar-refractivity contribution in [2.24, 2.45) is 0 Å². The summed E-state index contributed by atoms with van der Waals surface area (Å²) >= 11 is 5.69. The minimum absolute atomic E-state index is 0.0785. The fourth-order valence-corrected chi connectivity index (χ4v) is 4.17. The summed E-state index contributed by atoms with van der Waals surface area (Å²) in [6, 6.07) is 9.68. The molecule has 1 aromatic heterocycles. The van der Waals surface area contributed by atoms with E-state index in [1.54, 1.807) is 12.1 Å². The van der Waals surface area contributed by atoms with Crippen LogP contribution in [-0.4, -0.2) is 35.5 Å². The molecule has 1 aliphatic rings. The molecule has 1 aliphatic heterocycles. The monoisotopic (exact) mass is 368 g/mol. The second-order valence-electron chi connectivity index (χ2n) is 5.12. The molecular weight excluding hydrogens is 356 g/mol. The summed E-state index contributed by atoms with van der Waals surface area (Å²) < 4.78 is 31.6. The van der Waals surface area contributed by atoms with Gasteiger partial charge in [0.15, 0.2) is 6.23 Å². The Morgan fingerprint density at radius 1 is 1.29 bits per heavy atom. The zero-order chi connectivity index (χ0) is 17.3. The molecule has 0 spiro atoms. The Morgan fingerprint density at radius 2 is 2.04 bits per heavy atom. The van der Waals surface area contributed by atoms with Gasteiger partial charge in [0, 0.05) is 18.3 Å². The van der Waals surface area contributed by atoms with Crippen molar-refractivity contribution in [3.05, 3.63) is 58.9 Å². The van der Waals surface area contributed by atoms with E-state index in [-0.39, 0.29) is 16.6 Å². The molecule has 24 heavy (non-hydrogen) atoms. The molecule has 0 aliphatic carbocycles. The van der Waals surface area contributed by atoms with Crippen LogP contribution in [-0.2, 0) is 21.2 Å². The van der Waals surface area contributed by atoms with Crippen molar-refractivity contribution in [1.82, 2.24) is 9.29 Å². The first-order chi connectivity index (χ1) is 11.4. The average molecular weight is 369 g/mol. The number of pyridine rings is 1. The number of nitrogens with zero attached hydrogens (tertiary/aromatic N) is 2. The number of carboxylic acid groups (broad SMARTS) is 1. The molecule has 0 bridgehead atoms. The van der Waals surface area contributed by atoms with Crippen LogP contribution in [0.4, 0.5) is 4.79 Å². The maximum Gasteiger partial charge on any atom is 0.507 e. The highest BCUT2D eigenvalue weighted by Crippen LogP contribution is 2.35. The number of carbonyl (C=O) groups is 1. The van der Waals surface area contributed by atoms with Crippen LogP contribution < -0.4 is 0 Å². The second kappa shape index (κ2) is 6.39. The summed E-state index contributed by atoms with van der Waals surface area (Å²) in [5.41, 5.74) is 1.36. The van der Waals surface area contributed by atoms with E-state index in [2.05, 4.69) is 4.98 Å². The Labute approximate surface area is 143 Å². The molecule has 2 heterocycles. The van der Waals surface area contributed by atoms with Gasteiger partial charge in [0.25, 0.3) is 0 Å². The molecule has 0 saturated heterocycles. The van der Waals surface area contributed by atoms with E-state index in [0.717, 1.165) is 16.1 Å². The Morgan fingerprint density at radius 3 is 2.71 bits per heavy atom. The molecule has 1 aromatic carbocycles. The fraction of sp³-hybridized carbons (Fsp3) is 0.200. The highest BCUT2D eigenvalue weighted by molar-refractivity contribution is 7.89. The van der Waals surface area contributed by atoms with Crippen molar-refractivity contribution >= 4 is 27.8 Å². The maximum absolute atomic E-state index is 12.9. The van der Waals surface area contributed by atoms with Crippen molar-refractivity contribution in [2.75, 3.05) is 6.54 Å². The number of hydrogen-bond donors (Lipinski definition) is 1. The average Bonchev–Trinajstić information content (AvgIpc) is 2.55. The Hall–Kier alpha value is -2.16. The molecule has 9 heteroatoms. The van der Waals surface area contributed by atoms with Crippen LogP contribution in [0.3, 0.4) is 0 Å². The van der Waals surface area contributed by atoms with Gasteiger partial charge in [0.05, 0.1) is 0 Å². The number of hydrogen-bond acceptors (Lipinski definition) is 5. The summed E-state index contributed by atoms with van der Waals surface area (Å²) in [5.74, 6) is 0. The second-order valence-corrected chi connectivity index (χ2v) is 7.40. The van der Waals surface area contributed by atoms with E-state index in [1.807, 2.05) is 12.1 Å². The number of aromatic nitrogens is 1. The van der Waals surface area contributed by atoms with Gasteiger partial charge in [0.1, 0.15) is 10.0 Å². The number of rotatable bonds is 3. The van der Waals surface area contributed by atoms with E-state index in [0.29, 0.717) is 12.0 Å². The van der Waals surface area contributed by atoms with Crippen LogP contribution in [0.2, 0.25) is 5.15 Å². The van der Waals surface area contributed by atoms with Crippen LogP contribution in [0.1, 0.15) is 17.4 Å². The van der Waals surface area contributed by atoms with E-state index >= 15 is 0 Å². The summed E-state index contributed by atoms with van der Waals surface area (Å²) in [6.45, 7) is 0.0971. The number of benzene rings is 1. The normalized spacial score (nSPS) is 18.0. The lowest BCUT2D eigenvalue weighted by Crippen LogP contribution is -2.41. The summed E-state index contributed by atoms with van der Waals surface area (Å²) in [6.07, 6.45) is -1.20. The number of halogens is 1. The standard InChI is InChI=1S/C15H13ClN2O5S/c16-13-6-5-11(9-17-13)24(21,22)18-8-7-10-3-1-2-4-12(10)14(18)23-15(19)20/h1-6,9,14H,7-8H2,(H,19,20). The van der Waals surface area contributed by atoms with Crippen LogP contribution in [0, 0.1) is 0 Å². The molecule has 1 N–H and O–H groups in total. The minimum Gasteiger partial charge on any atom is -0.450 e. The third-order valence-corrected chi connectivity index (χ3v) is 5.76. The molecule has 7 nitrogen and oxygen atoms in total. The van der Waals surface area contributed by atoms with Crippen molar-refractivity contribution in [2.45, 2.75) is 17.5 Å². The third-order valence-electron chi connectivity index (χ3n) is 3.70. The molecule has 2 aromatic rings. The fourth-order valence-electron chi connectivity index (χ4n) is 2.62. The van der Waals surface area contributed by atoms with Gasteiger partial charge in [-0.25, -0.2) is 18.2 Å². The van der Waals surface area contributed by atoms with E-state index in [9.17, 15) is 13.2 Å². The van der Waals surface area contributed by atoms with Gasteiger partial charge >= 0.3 is 6.16 Å². The van der Waals surface area contributed by atoms with Gasteiger partial charge in [-0.1, -0.05) is 35.9 Å². The molecule has 0 saturated carbocycles. The lowest BCUT2D eigenvalue weighted by Gasteiger charge is -2.34. The predicted molar refractivity (Wildman–Crippen MR) is 85.1 cm³/mol. The van der Waals surface area contributed by atoms with Crippen LogP contribution in [0.15, 0.2) is 47.5 Å².